The summed E-state index contributed by atoms with van der Waals surface area (Å²) in [5, 5.41) is 0. The lowest BCUT2D eigenvalue weighted by atomic mass is 9.82. The van der Waals surface area contributed by atoms with Gasteiger partial charge in [0.2, 0.25) is 0 Å². The fourth-order valence-corrected chi connectivity index (χ4v) is 2.05. The van der Waals surface area contributed by atoms with Gasteiger partial charge < -0.3 is 5.73 Å². The van der Waals surface area contributed by atoms with Crippen molar-refractivity contribution < 1.29 is 0 Å². The molecule has 0 heterocycles. The van der Waals surface area contributed by atoms with Gasteiger partial charge in [-0.1, -0.05) is 26.7 Å². The van der Waals surface area contributed by atoms with Gasteiger partial charge in [0.15, 0.2) is 0 Å². The summed E-state index contributed by atoms with van der Waals surface area (Å²) >= 11 is 0. The van der Waals surface area contributed by atoms with Crippen LogP contribution in [0.5, 0.6) is 0 Å². The van der Waals surface area contributed by atoms with Crippen LogP contribution in [0.3, 0.4) is 0 Å². The van der Waals surface area contributed by atoms with Crippen LogP contribution in [-0.4, -0.2) is 6.04 Å². The van der Waals surface area contributed by atoms with Crippen molar-refractivity contribution in [2.45, 2.75) is 58.4 Å². The predicted octanol–water partition coefficient (Wildman–Crippen LogP) is 2.94. The van der Waals surface area contributed by atoms with Gasteiger partial charge >= 0.3 is 0 Å². The molecule has 1 saturated carbocycles. The monoisotopic (exact) mass is 169 g/mol. The standard InChI is InChI=1S/C11H23N/c1-9(2)3-4-10-5-7-11(12)8-6-10/h9-11H,3-8,12H2,1-2H3/t10-,11+. The lowest BCUT2D eigenvalue weighted by molar-refractivity contribution is 0.294. The lowest BCUT2D eigenvalue weighted by Crippen LogP contribution is -2.26. The van der Waals surface area contributed by atoms with E-state index in [2.05, 4.69) is 13.8 Å². The van der Waals surface area contributed by atoms with Gasteiger partial charge in [-0.2, -0.15) is 0 Å². The minimum absolute atomic E-state index is 0.514. The molecule has 0 unspecified atom stereocenters. The minimum atomic E-state index is 0.514. The van der Waals surface area contributed by atoms with E-state index < -0.39 is 0 Å². The van der Waals surface area contributed by atoms with Gasteiger partial charge in [-0.25, -0.2) is 0 Å². The highest BCUT2D eigenvalue weighted by Crippen LogP contribution is 2.27. The number of hydrogen-bond acceptors (Lipinski definition) is 1. The third-order valence-corrected chi connectivity index (χ3v) is 3.04. The number of nitrogens with two attached hydrogens (primary N) is 1. The first-order valence-electron chi connectivity index (χ1n) is 5.44. The van der Waals surface area contributed by atoms with Gasteiger partial charge in [0, 0.05) is 6.04 Å². The van der Waals surface area contributed by atoms with E-state index in [1.165, 1.54) is 38.5 Å². The van der Waals surface area contributed by atoms with E-state index in [1.54, 1.807) is 0 Å². The zero-order valence-corrected chi connectivity index (χ0v) is 8.55. The van der Waals surface area contributed by atoms with Crippen molar-refractivity contribution in [1.29, 1.82) is 0 Å². The predicted molar refractivity (Wildman–Crippen MR) is 54.0 cm³/mol. The summed E-state index contributed by atoms with van der Waals surface area (Å²) in [6, 6.07) is 0.514. The number of hydrogen-bond donors (Lipinski definition) is 1. The van der Waals surface area contributed by atoms with Crippen molar-refractivity contribution in [3.05, 3.63) is 0 Å². The van der Waals surface area contributed by atoms with Crippen LogP contribution in [0.15, 0.2) is 0 Å². The van der Waals surface area contributed by atoms with Gasteiger partial charge in [-0.15, -0.1) is 0 Å². The second-order valence-electron chi connectivity index (χ2n) is 4.75. The van der Waals surface area contributed by atoms with Crippen molar-refractivity contribution in [2.24, 2.45) is 17.6 Å². The molecule has 1 aliphatic rings. The summed E-state index contributed by atoms with van der Waals surface area (Å²) < 4.78 is 0. The maximum atomic E-state index is 5.85. The topological polar surface area (TPSA) is 26.0 Å². The van der Waals surface area contributed by atoms with Crippen molar-refractivity contribution in [3.8, 4) is 0 Å². The molecule has 12 heavy (non-hydrogen) atoms. The summed E-state index contributed by atoms with van der Waals surface area (Å²) in [5.41, 5.74) is 5.85. The van der Waals surface area contributed by atoms with Crippen molar-refractivity contribution in [2.75, 3.05) is 0 Å². The fraction of sp³-hybridized carbons (Fsp3) is 1.00. The van der Waals surface area contributed by atoms with Crippen LogP contribution in [0, 0.1) is 11.8 Å². The Hall–Kier alpha value is -0.0400. The Labute approximate surface area is 76.7 Å². The first-order valence-corrected chi connectivity index (χ1v) is 5.44. The van der Waals surface area contributed by atoms with Crippen LogP contribution < -0.4 is 5.73 Å². The third-order valence-electron chi connectivity index (χ3n) is 3.04. The van der Waals surface area contributed by atoms with E-state index in [9.17, 15) is 0 Å². The smallest absolute Gasteiger partial charge is 0.00390 e. The highest BCUT2D eigenvalue weighted by atomic mass is 14.6. The molecule has 0 radical (unpaired) electrons. The lowest BCUT2D eigenvalue weighted by Gasteiger charge is -2.26. The highest BCUT2D eigenvalue weighted by molar-refractivity contribution is 4.74. The summed E-state index contributed by atoms with van der Waals surface area (Å²) in [5.74, 6) is 1.87. The summed E-state index contributed by atoms with van der Waals surface area (Å²) in [6.45, 7) is 4.63. The Morgan fingerprint density at radius 2 is 1.75 bits per heavy atom. The first kappa shape index (κ1) is 10.0. The Kier molecular flexibility index (Phi) is 4.07. The molecule has 1 nitrogen and oxygen atoms in total. The van der Waals surface area contributed by atoms with Crippen molar-refractivity contribution >= 4 is 0 Å². The average Bonchev–Trinajstić information content (AvgIpc) is 2.03. The Morgan fingerprint density at radius 3 is 2.25 bits per heavy atom. The molecule has 1 heteroatoms. The quantitative estimate of drug-likeness (QED) is 0.690. The normalized spacial score (nSPS) is 31.0. The SMILES string of the molecule is CC(C)CC[C@H]1CC[C@@H](N)CC1. The van der Waals surface area contributed by atoms with Gasteiger partial charge in [0.25, 0.3) is 0 Å². The largest absolute Gasteiger partial charge is 0.328 e. The molecule has 0 aromatic heterocycles. The second kappa shape index (κ2) is 4.86. The molecule has 1 rings (SSSR count). The molecule has 1 fully saturated rings. The maximum absolute atomic E-state index is 5.85. The van der Waals surface area contributed by atoms with E-state index in [4.69, 9.17) is 5.73 Å². The van der Waals surface area contributed by atoms with Gasteiger partial charge in [-0.05, 0) is 37.5 Å². The molecular formula is C11H23N. The molecule has 72 valence electrons. The zero-order chi connectivity index (χ0) is 8.97. The van der Waals surface area contributed by atoms with Crippen LogP contribution in [0.25, 0.3) is 0 Å². The van der Waals surface area contributed by atoms with Gasteiger partial charge in [0.05, 0.1) is 0 Å². The van der Waals surface area contributed by atoms with Crippen molar-refractivity contribution in [1.82, 2.24) is 0 Å². The molecule has 0 bridgehead atoms. The van der Waals surface area contributed by atoms with Crippen LogP contribution >= 0.6 is 0 Å². The Morgan fingerprint density at radius 1 is 1.17 bits per heavy atom. The second-order valence-corrected chi connectivity index (χ2v) is 4.75. The summed E-state index contributed by atoms with van der Waals surface area (Å²) in [6.07, 6.45) is 8.14. The molecule has 1 aliphatic carbocycles. The summed E-state index contributed by atoms with van der Waals surface area (Å²) in [4.78, 5) is 0. The third kappa shape index (κ3) is 3.57. The van der Waals surface area contributed by atoms with E-state index in [0.717, 1.165) is 11.8 Å². The molecule has 0 aromatic carbocycles. The van der Waals surface area contributed by atoms with Gasteiger partial charge in [-0.3, -0.25) is 0 Å². The molecular weight excluding hydrogens is 146 g/mol. The Balaban J connectivity index is 2.09. The van der Waals surface area contributed by atoms with Crippen LogP contribution in [-0.2, 0) is 0 Å². The summed E-state index contributed by atoms with van der Waals surface area (Å²) in [7, 11) is 0. The van der Waals surface area contributed by atoms with E-state index in [-0.39, 0.29) is 0 Å². The maximum Gasteiger partial charge on any atom is 0.00390 e. The van der Waals surface area contributed by atoms with Crippen LogP contribution in [0.4, 0.5) is 0 Å². The molecule has 2 N–H and O–H groups in total. The number of rotatable bonds is 3. The van der Waals surface area contributed by atoms with Gasteiger partial charge in [0.1, 0.15) is 0 Å². The van der Waals surface area contributed by atoms with Crippen LogP contribution in [0.2, 0.25) is 0 Å². The molecule has 0 amide bonds. The highest BCUT2D eigenvalue weighted by Gasteiger charge is 2.17. The first-order chi connectivity index (χ1) is 5.68. The molecule has 0 aromatic rings. The molecule has 0 saturated heterocycles. The van der Waals surface area contributed by atoms with E-state index >= 15 is 0 Å². The minimum Gasteiger partial charge on any atom is -0.328 e. The molecule has 0 aliphatic heterocycles. The fourth-order valence-electron chi connectivity index (χ4n) is 2.05. The van der Waals surface area contributed by atoms with Crippen LogP contribution in [0.1, 0.15) is 52.4 Å². The van der Waals surface area contributed by atoms with E-state index in [1.807, 2.05) is 0 Å². The zero-order valence-electron chi connectivity index (χ0n) is 8.55. The Bertz CT molecular complexity index is 112. The van der Waals surface area contributed by atoms with Crippen molar-refractivity contribution in [3.63, 3.8) is 0 Å². The van der Waals surface area contributed by atoms with E-state index in [0.29, 0.717) is 6.04 Å². The molecule has 0 atom stereocenters. The molecule has 0 spiro atoms. The average molecular weight is 169 g/mol.